The molecule has 5 heteroatoms. The second-order valence-corrected chi connectivity index (χ2v) is 4.52. The van der Waals surface area contributed by atoms with Crippen LogP contribution in [0.4, 0.5) is 17.5 Å². The third-order valence-electron chi connectivity index (χ3n) is 2.81. The predicted octanol–water partition coefficient (Wildman–Crippen LogP) is 3.36. The molecule has 106 valence electrons. The van der Waals surface area contributed by atoms with Crippen molar-refractivity contribution in [2.75, 3.05) is 24.3 Å². The Morgan fingerprint density at radius 3 is 2.85 bits per heavy atom. The van der Waals surface area contributed by atoms with Gasteiger partial charge < -0.3 is 15.4 Å². The van der Waals surface area contributed by atoms with Crippen molar-refractivity contribution in [2.24, 2.45) is 0 Å². The molecule has 0 radical (unpaired) electrons. The topological polar surface area (TPSA) is 59.1 Å². The maximum absolute atomic E-state index is 5.35. The fourth-order valence-electron chi connectivity index (χ4n) is 1.81. The molecule has 0 unspecified atom stereocenters. The zero-order valence-electron chi connectivity index (χ0n) is 12.1. The lowest BCUT2D eigenvalue weighted by Crippen LogP contribution is -2.05. The van der Waals surface area contributed by atoms with Crippen LogP contribution in [0.2, 0.25) is 0 Å². The molecule has 20 heavy (non-hydrogen) atoms. The first-order valence-corrected chi connectivity index (χ1v) is 6.71. The van der Waals surface area contributed by atoms with Crippen LogP contribution in [0.3, 0.4) is 0 Å². The summed E-state index contributed by atoms with van der Waals surface area (Å²) in [4.78, 5) is 8.61. The number of aromatic nitrogens is 2. The van der Waals surface area contributed by atoms with Crippen molar-refractivity contribution < 1.29 is 4.74 Å². The molecule has 2 N–H and O–H groups in total. The molecule has 0 amide bonds. The largest absolute Gasteiger partial charge is 0.495 e. The van der Waals surface area contributed by atoms with Crippen molar-refractivity contribution in [3.05, 3.63) is 36.0 Å². The average Bonchev–Trinajstić information content (AvgIpc) is 2.46. The van der Waals surface area contributed by atoms with Gasteiger partial charge in [0.05, 0.1) is 12.8 Å². The summed E-state index contributed by atoms with van der Waals surface area (Å²) >= 11 is 0. The highest BCUT2D eigenvalue weighted by atomic mass is 16.5. The summed E-state index contributed by atoms with van der Waals surface area (Å²) in [6.45, 7) is 5.00. The molecule has 2 rings (SSSR count). The van der Waals surface area contributed by atoms with Crippen LogP contribution in [-0.2, 0) is 0 Å². The van der Waals surface area contributed by atoms with Crippen LogP contribution >= 0.6 is 0 Å². The van der Waals surface area contributed by atoms with Crippen LogP contribution in [0.1, 0.15) is 18.9 Å². The normalized spacial score (nSPS) is 10.2. The monoisotopic (exact) mass is 272 g/mol. The molecular weight excluding hydrogens is 252 g/mol. The molecule has 0 fully saturated rings. The van der Waals surface area contributed by atoms with Crippen LogP contribution in [0.5, 0.6) is 5.75 Å². The average molecular weight is 272 g/mol. The first-order chi connectivity index (χ1) is 9.72. The molecule has 0 aliphatic heterocycles. The molecule has 1 aromatic carbocycles. The van der Waals surface area contributed by atoms with Crippen molar-refractivity contribution >= 4 is 17.5 Å². The number of nitrogens with one attached hydrogen (secondary N) is 2. The van der Waals surface area contributed by atoms with E-state index in [0.29, 0.717) is 5.95 Å². The van der Waals surface area contributed by atoms with Crippen LogP contribution in [0, 0.1) is 6.92 Å². The molecule has 0 saturated heterocycles. The molecule has 0 aliphatic rings. The minimum atomic E-state index is 0.628. The van der Waals surface area contributed by atoms with Gasteiger partial charge in [0.15, 0.2) is 0 Å². The first kappa shape index (κ1) is 14.1. The van der Waals surface area contributed by atoms with E-state index in [1.54, 1.807) is 13.3 Å². The van der Waals surface area contributed by atoms with Gasteiger partial charge in [-0.2, -0.15) is 4.98 Å². The van der Waals surface area contributed by atoms with Gasteiger partial charge in [0, 0.05) is 12.7 Å². The summed E-state index contributed by atoms with van der Waals surface area (Å²) in [6.07, 6.45) is 2.77. The molecule has 2 aromatic rings. The van der Waals surface area contributed by atoms with Gasteiger partial charge in [-0.15, -0.1) is 0 Å². The van der Waals surface area contributed by atoms with Gasteiger partial charge >= 0.3 is 0 Å². The van der Waals surface area contributed by atoms with E-state index in [1.807, 2.05) is 31.2 Å². The summed E-state index contributed by atoms with van der Waals surface area (Å²) in [5, 5.41) is 6.43. The van der Waals surface area contributed by atoms with E-state index < -0.39 is 0 Å². The lowest BCUT2D eigenvalue weighted by Gasteiger charge is -2.12. The number of methoxy groups -OCH3 is 1. The van der Waals surface area contributed by atoms with E-state index in [-0.39, 0.29) is 0 Å². The van der Waals surface area contributed by atoms with Gasteiger partial charge in [0.25, 0.3) is 0 Å². The summed E-state index contributed by atoms with van der Waals surface area (Å²) in [7, 11) is 1.66. The number of hydrogen-bond acceptors (Lipinski definition) is 5. The van der Waals surface area contributed by atoms with Crippen molar-refractivity contribution in [2.45, 2.75) is 20.3 Å². The van der Waals surface area contributed by atoms with Gasteiger partial charge in [0.1, 0.15) is 11.6 Å². The first-order valence-electron chi connectivity index (χ1n) is 6.71. The summed E-state index contributed by atoms with van der Waals surface area (Å²) in [6, 6.07) is 7.81. The standard InChI is InChI=1S/C15H20N4O/c1-4-8-16-15-17-9-7-14(19-15)18-12-10-11(2)5-6-13(12)20-3/h5-7,9-10H,4,8H2,1-3H3,(H2,16,17,18,19). The number of anilines is 3. The summed E-state index contributed by atoms with van der Waals surface area (Å²) < 4.78 is 5.35. The quantitative estimate of drug-likeness (QED) is 0.844. The van der Waals surface area contributed by atoms with E-state index >= 15 is 0 Å². The van der Waals surface area contributed by atoms with E-state index in [9.17, 15) is 0 Å². The highest BCUT2D eigenvalue weighted by Crippen LogP contribution is 2.27. The maximum Gasteiger partial charge on any atom is 0.224 e. The number of benzene rings is 1. The maximum atomic E-state index is 5.35. The lowest BCUT2D eigenvalue weighted by molar-refractivity contribution is 0.416. The third kappa shape index (κ3) is 3.60. The van der Waals surface area contributed by atoms with E-state index in [0.717, 1.165) is 35.8 Å². The number of nitrogens with zero attached hydrogens (tertiary/aromatic N) is 2. The predicted molar refractivity (Wildman–Crippen MR) is 81.8 cm³/mol. The second-order valence-electron chi connectivity index (χ2n) is 4.52. The lowest BCUT2D eigenvalue weighted by atomic mass is 10.2. The molecule has 0 spiro atoms. The van der Waals surface area contributed by atoms with Crippen molar-refractivity contribution in [3.63, 3.8) is 0 Å². The Labute approximate surface area is 119 Å². The SMILES string of the molecule is CCCNc1nccc(Nc2cc(C)ccc2OC)n1. The molecule has 1 heterocycles. The van der Waals surface area contributed by atoms with Crippen LogP contribution in [0.15, 0.2) is 30.5 Å². The van der Waals surface area contributed by atoms with Gasteiger partial charge in [-0.25, -0.2) is 4.98 Å². The Balaban J connectivity index is 2.19. The van der Waals surface area contributed by atoms with E-state index in [1.165, 1.54) is 0 Å². The van der Waals surface area contributed by atoms with Gasteiger partial charge in [-0.3, -0.25) is 0 Å². The fourth-order valence-corrected chi connectivity index (χ4v) is 1.81. The minimum absolute atomic E-state index is 0.628. The van der Waals surface area contributed by atoms with Gasteiger partial charge in [-0.05, 0) is 37.1 Å². The number of hydrogen-bond donors (Lipinski definition) is 2. The summed E-state index contributed by atoms with van der Waals surface area (Å²) in [5.41, 5.74) is 2.05. The molecule has 0 atom stereocenters. The Hall–Kier alpha value is -2.30. The van der Waals surface area contributed by atoms with Gasteiger partial charge in [0.2, 0.25) is 5.95 Å². The second kappa shape index (κ2) is 6.75. The van der Waals surface area contributed by atoms with Gasteiger partial charge in [-0.1, -0.05) is 13.0 Å². The Morgan fingerprint density at radius 2 is 2.10 bits per heavy atom. The van der Waals surface area contributed by atoms with Crippen LogP contribution < -0.4 is 15.4 Å². The van der Waals surface area contributed by atoms with Crippen molar-refractivity contribution in [1.82, 2.24) is 9.97 Å². The zero-order valence-corrected chi connectivity index (χ0v) is 12.1. The number of aryl methyl sites for hydroxylation is 1. The highest BCUT2D eigenvalue weighted by Gasteiger charge is 2.05. The van der Waals surface area contributed by atoms with Crippen molar-refractivity contribution in [1.29, 1.82) is 0 Å². The number of ether oxygens (including phenoxy) is 1. The van der Waals surface area contributed by atoms with Crippen LogP contribution in [-0.4, -0.2) is 23.6 Å². The van der Waals surface area contributed by atoms with E-state index in [4.69, 9.17) is 4.74 Å². The van der Waals surface area contributed by atoms with Crippen LogP contribution in [0.25, 0.3) is 0 Å². The smallest absolute Gasteiger partial charge is 0.224 e. The zero-order chi connectivity index (χ0) is 14.4. The third-order valence-corrected chi connectivity index (χ3v) is 2.81. The Kier molecular flexibility index (Phi) is 4.76. The molecule has 1 aromatic heterocycles. The highest BCUT2D eigenvalue weighted by molar-refractivity contribution is 5.65. The van der Waals surface area contributed by atoms with Crippen molar-refractivity contribution in [3.8, 4) is 5.75 Å². The molecule has 0 aliphatic carbocycles. The van der Waals surface area contributed by atoms with E-state index in [2.05, 4.69) is 27.5 Å². The molecule has 0 bridgehead atoms. The molecule has 5 nitrogen and oxygen atoms in total. The Bertz CT molecular complexity index is 572. The molecular formula is C15H20N4O. The summed E-state index contributed by atoms with van der Waals surface area (Å²) in [5.74, 6) is 2.16. The molecule has 0 saturated carbocycles. The fraction of sp³-hybridized carbons (Fsp3) is 0.333. The number of rotatable bonds is 6. The minimum Gasteiger partial charge on any atom is -0.495 e. The Morgan fingerprint density at radius 1 is 1.25 bits per heavy atom.